The summed E-state index contributed by atoms with van der Waals surface area (Å²) in [5, 5.41) is 10.4. The first kappa shape index (κ1) is 14.0. The monoisotopic (exact) mass is 290 g/mol. The lowest BCUT2D eigenvalue weighted by Gasteiger charge is -2.23. The number of ether oxygens (including phenoxy) is 1. The summed E-state index contributed by atoms with van der Waals surface area (Å²) in [4.78, 5) is 6.14. The van der Waals surface area contributed by atoms with Gasteiger partial charge in [0.05, 0.1) is 23.3 Å². The quantitative estimate of drug-likeness (QED) is 0.923. The van der Waals surface area contributed by atoms with Gasteiger partial charge in [0, 0.05) is 50.1 Å². The van der Waals surface area contributed by atoms with Crippen LogP contribution in [0.3, 0.4) is 0 Å². The van der Waals surface area contributed by atoms with E-state index in [1.807, 2.05) is 0 Å². The first-order chi connectivity index (χ1) is 8.70. The van der Waals surface area contributed by atoms with Gasteiger partial charge in [-0.25, -0.2) is 0 Å². The normalized spacial score (nSPS) is 21.8. The van der Waals surface area contributed by atoms with Crippen molar-refractivity contribution in [1.29, 1.82) is 0 Å². The van der Waals surface area contributed by atoms with Gasteiger partial charge in [-0.15, -0.1) is 0 Å². The predicted octanol–water partition coefficient (Wildman–Crippen LogP) is 1.83. The van der Waals surface area contributed by atoms with Crippen LogP contribution in [0.15, 0.2) is 12.4 Å². The Balaban J connectivity index is 2.07. The molecule has 0 aromatic carbocycles. The van der Waals surface area contributed by atoms with Crippen molar-refractivity contribution >= 4 is 23.2 Å². The minimum absolute atomic E-state index is 0.133. The van der Waals surface area contributed by atoms with E-state index >= 15 is 0 Å². The molecule has 1 atom stereocenters. The largest absolute Gasteiger partial charge is 0.396 e. The van der Waals surface area contributed by atoms with Crippen LogP contribution in [0.1, 0.15) is 5.56 Å². The second kappa shape index (κ2) is 6.68. The van der Waals surface area contributed by atoms with Gasteiger partial charge in [0.1, 0.15) is 0 Å². The molecule has 1 aromatic heterocycles. The van der Waals surface area contributed by atoms with Gasteiger partial charge in [0.25, 0.3) is 0 Å². The molecule has 1 aliphatic heterocycles. The summed E-state index contributed by atoms with van der Waals surface area (Å²) in [6.45, 7) is 3.65. The summed E-state index contributed by atoms with van der Waals surface area (Å²) in [5.74, 6) is 0.145. The maximum atomic E-state index is 9.24. The van der Waals surface area contributed by atoms with Crippen LogP contribution in [0.25, 0.3) is 0 Å². The third-order valence-corrected chi connectivity index (χ3v) is 3.67. The number of aliphatic hydroxyl groups excluding tert-OH is 1. The Bertz CT molecular complexity index is 383. The maximum absolute atomic E-state index is 9.24. The second-order valence-corrected chi connectivity index (χ2v) is 5.25. The third kappa shape index (κ3) is 3.56. The van der Waals surface area contributed by atoms with E-state index in [0.29, 0.717) is 29.8 Å². The molecule has 0 saturated carbocycles. The maximum Gasteiger partial charge on any atom is 0.0649 e. The number of aromatic nitrogens is 1. The van der Waals surface area contributed by atoms with E-state index in [9.17, 15) is 5.11 Å². The van der Waals surface area contributed by atoms with Gasteiger partial charge in [-0.1, -0.05) is 23.2 Å². The van der Waals surface area contributed by atoms with Crippen molar-refractivity contribution in [2.45, 2.75) is 6.54 Å². The molecule has 6 heteroatoms. The number of aliphatic hydroxyl groups is 1. The Morgan fingerprint density at radius 1 is 1.39 bits per heavy atom. The van der Waals surface area contributed by atoms with Gasteiger partial charge in [0.15, 0.2) is 0 Å². The lowest BCUT2D eigenvalue weighted by Crippen LogP contribution is -2.31. The first-order valence-corrected chi connectivity index (χ1v) is 6.65. The van der Waals surface area contributed by atoms with Gasteiger partial charge in [-0.3, -0.25) is 9.88 Å². The minimum atomic E-state index is 0.133. The van der Waals surface area contributed by atoms with E-state index in [-0.39, 0.29) is 12.5 Å². The molecule has 0 spiro atoms. The van der Waals surface area contributed by atoms with Crippen LogP contribution in [0, 0.1) is 5.92 Å². The van der Waals surface area contributed by atoms with Crippen LogP contribution in [0.2, 0.25) is 10.0 Å². The molecular formula is C12H16Cl2N2O2. The number of rotatable bonds is 3. The average molecular weight is 291 g/mol. The van der Waals surface area contributed by atoms with Gasteiger partial charge in [-0.2, -0.15) is 0 Å². The zero-order valence-electron chi connectivity index (χ0n) is 9.98. The Labute approximate surface area is 116 Å². The Morgan fingerprint density at radius 2 is 2.11 bits per heavy atom. The summed E-state index contributed by atoms with van der Waals surface area (Å²) in [7, 11) is 0. The lowest BCUT2D eigenvalue weighted by atomic mass is 10.1. The molecule has 4 nitrogen and oxygen atoms in total. The van der Waals surface area contributed by atoms with Crippen LogP contribution in [-0.2, 0) is 11.3 Å². The molecule has 0 amide bonds. The minimum Gasteiger partial charge on any atom is -0.396 e. The molecular weight excluding hydrogens is 275 g/mol. The van der Waals surface area contributed by atoms with Crippen molar-refractivity contribution in [3.63, 3.8) is 0 Å². The topological polar surface area (TPSA) is 45.6 Å². The zero-order chi connectivity index (χ0) is 13.0. The Morgan fingerprint density at radius 3 is 2.78 bits per heavy atom. The molecule has 0 aliphatic carbocycles. The van der Waals surface area contributed by atoms with Crippen molar-refractivity contribution in [3.8, 4) is 0 Å². The molecule has 1 fully saturated rings. The Kier molecular flexibility index (Phi) is 5.21. The average Bonchev–Trinajstić information content (AvgIpc) is 2.59. The molecule has 1 aliphatic rings. The number of halogens is 2. The third-order valence-electron chi connectivity index (χ3n) is 3.01. The van der Waals surface area contributed by atoms with Crippen LogP contribution >= 0.6 is 23.2 Å². The summed E-state index contributed by atoms with van der Waals surface area (Å²) < 4.78 is 5.45. The van der Waals surface area contributed by atoms with Crippen LogP contribution in [-0.4, -0.2) is 47.9 Å². The molecule has 1 saturated heterocycles. The highest BCUT2D eigenvalue weighted by Gasteiger charge is 2.19. The SMILES string of the molecule is OC[C@@H]1COCCN(Cc2c(Cl)cncc2Cl)C1. The summed E-state index contributed by atoms with van der Waals surface area (Å²) >= 11 is 12.2. The molecule has 2 rings (SSSR count). The zero-order valence-corrected chi connectivity index (χ0v) is 11.5. The van der Waals surface area contributed by atoms with Gasteiger partial charge < -0.3 is 9.84 Å². The molecule has 1 aromatic rings. The van der Waals surface area contributed by atoms with Gasteiger partial charge in [-0.05, 0) is 0 Å². The van der Waals surface area contributed by atoms with Crippen molar-refractivity contribution in [2.75, 3.05) is 32.9 Å². The second-order valence-electron chi connectivity index (χ2n) is 4.44. The van der Waals surface area contributed by atoms with Crippen LogP contribution < -0.4 is 0 Å². The van der Waals surface area contributed by atoms with Gasteiger partial charge >= 0.3 is 0 Å². The number of hydrogen-bond acceptors (Lipinski definition) is 4. The van der Waals surface area contributed by atoms with E-state index in [4.69, 9.17) is 27.9 Å². The summed E-state index contributed by atoms with van der Waals surface area (Å²) in [6.07, 6.45) is 3.20. The fraction of sp³-hybridized carbons (Fsp3) is 0.583. The highest BCUT2D eigenvalue weighted by atomic mass is 35.5. The van der Waals surface area contributed by atoms with Gasteiger partial charge in [0.2, 0.25) is 0 Å². The smallest absolute Gasteiger partial charge is 0.0649 e. The predicted molar refractivity (Wildman–Crippen MR) is 70.9 cm³/mol. The fourth-order valence-electron chi connectivity index (χ4n) is 2.02. The number of nitrogens with zero attached hydrogens (tertiary/aromatic N) is 2. The molecule has 100 valence electrons. The molecule has 0 unspecified atom stereocenters. The molecule has 1 N–H and O–H groups in total. The van der Waals surface area contributed by atoms with E-state index in [2.05, 4.69) is 9.88 Å². The standard InChI is InChI=1S/C12H16Cl2N2O2/c13-11-3-15-4-12(14)10(11)6-16-1-2-18-8-9(5-16)7-17/h3-4,9,17H,1-2,5-8H2/t9-/m1/s1. The van der Waals surface area contributed by atoms with E-state index in [0.717, 1.165) is 18.7 Å². The Hall–Kier alpha value is -0.390. The highest BCUT2D eigenvalue weighted by Crippen LogP contribution is 2.25. The first-order valence-electron chi connectivity index (χ1n) is 5.89. The fourth-order valence-corrected chi connectivity index (χ4v) is 2.50. The van der Waals surface area contributed by atoms with E-state index in [1.54, 1.807) is 12.4 Å². The van der Waals surface area contributed by atoms with Crippen LogP contribution in [0.4, 0.5) is 0 Å². The van der Waals surface area contributed by atoms with Crippen LogP contribution in [0.5, 0.6) is 0 Å². The molecule has 18 heavy (non-hydrogen) atoms. The van der Waals surface area contributed by atoms with Crippen molar-refractivity contribution in [2.24, 2.45) is 5.92 Å². The van der Waals surface area contributed by atoms with Crippen molar-refractivity contribution < 1.29 is 9.84 Å². The van der Waals surface area contributed by atoms with Crippen molar-refractivity contribution in [1.82, 2.24) is 9.88 Å². The summed E-state index contributed by atoms with van der Waals surface area (Å²) in [6, 6.07) is 0. The summed E-state index contributed by atoms with van der Waals surface area (Å²) in [5.41, 5.74) is 0.881. The van der Waals surface area contributed by atoms with Crippen molar-refractivity contribution in [3.05, 3.63) is 28.0 Å². The molecule has 0 radical (unpaired) electrons. The molecule has 2 heterocycles. The molecule has 0 bridgehead atoms. The lowest BCUT2D eigenvalue weighted by molar-refractivity contribution is 0.0958. The number of hydrogen-bond donors (Lipinski definition) is 1. The van der Waals surface area contributed by atoms with E-state index in [1.165, 1.54) is 0 Å². The number of pyridine rings is 1. The van der Waals surface area contributed by atoms with E-state index < -0.39 is 0 Å². The highest BCUT2D eigenvalue weighted by molar-refractivity contribution is 6.35.